The first-order valence-electron chi connectivity index (χ1n) is 4.49. The molecule has 0 atom stereocenters. The summed E-state index contributed by atoms with van der Waals surface area (Å²) in [6, 6.07) is 0.686. The van der Waals surface area contributed by atoms with Crippen molar-refractivity contribution in [2.75, 3.05) is 11.9 Å². The zero-order chi connectivity index (χ0) is 13.1. The Balaban J connectivity index is 2.64. The van der Waals surface area contributed by atoms with Crippen LogP contribution in [0.5, 0.6) is 0 Å². The number of nitrogens with zero attached hydrogens (tertiary/aromatic N) is 1. The summed E-state index contributed by atoms with van der Waals surface area (Å²) < 4.78 is 48.6. The van der Waals surface area contributed by atoms with Gasteiger partial charge in [-0.25, -0.2) is 14.2 Å². The number of rotatable bonds is 4. The molecule has 0 spiro atoms. The summed E-state index contributed by atoms with van der Waals surface area (Å²) in [6.07, 6.45) is -4.61. The maximum Gasteiger partial charge on any atom is 0.390 e. The van der Waals surface area contributed by atoms with Crippen LogP contribution in [0.1, 0.15) is 16.8 Å². The Morgan fingerprint density at radius 1 is 1.47 bits per heavy atom. The highest BCUT2D eigenvalue weighted by Crippen LogP contribution is 2.20. The summed E-state index contributed by atoms with van der Waals surface area (Å²) in [4.78, 5) is 13.8. The third kappa shape index (κ3) is 4.25. The lowest BCUT2D eigenvalue weighted by atomic mass is 10.3. The molecule has 4 nitrogen and oxygen atoms in total. The van der Waals surface area contributed by atoms with E-state index >= 15 is 0 Å². The predicted molar refractivity (Wildman–Crippen MR) is 50.3 cm³/mol. The zero-order valence-corrected chi connectivity index (χ0v) is 8.38. The van der Waals surface area contributed by atoms with E-state index in [0.29, 0.717) is 6.07 Å². The van der Waals surface area contributed by atoms with Crippen molar-refractivity contribution in [1.82, 2.24) is 4.98 Å². The van der Waals surface area contributed by atoms with Crippen LogP contribution in [-0.4, -0.2) is 28.8 Å². The molecule has 0 bridgehead atoms. The van der Waals surface area contributed by atoms with E-state index < -0.39 is 36.7 Å². The van der Waals surface area contributed by atoms with Gasteiger partial charge in [-0.1, -0.05) is 0 Å². The SMILES string of the molecule is O=C(O)c1cnc(NCCC(F)(F)F)c(F)c1. The summed E-state index contributed by atoms with van der Waals surface area (Å²) in [5.74, 6) is -2.77. The Hall–Kier alpha value is -1.86. The normalized spacial score (nSPS) is 11.3. The number of pyridine rings is 1. The smallest absolute Gasteiger partial charge is 0.390 e. The van der Waals surface area contributed by atoms with Crippen LogP contribution in [0, 0.1) is 5.82 Å². The van der Waals surface area contributed by atoms with E-state index in [1.807, 2.05) is 0 Å². The van der Waals surface area contributed by atoms with Gasteiger partial charge < -0.3 is 10.4 Å². The van der Waals surface area contributed by atoms with Crippen molar-refractivity contribution in [1.29, 1.82) is 0 Å². The third-order valence-electron chi connectivity index (χ3n) is 1.79. The molecule has 94 valence electrons. The van der Waals surface area contributed by atoms with Gasteiger partial charge in [0.1, 0.15) is 0 Å². The molecule has 1 aromatic rings. The summed E-state index contributed by atoms with van der Waals surface area (Å²) in [5, 5.41) is 10.6. The summed E-state index contributed by atoms with van der Waals surface area (Å²) >= 11 is 0. The predicted octanol–water partition coefficient (Wildman–Crippen LogP) is 2.28. The van der Waals surface area contributed by atoms with Crippen LogP contribution in [0.3, 0.4) is 0 Å². The molecule has 17 heavy (non-hydrogen) atoms. The maximum absolute atomic E-state index is 13.2. The molecule has 0 saturated carbocycles. The second-order valence-corrected chi connectivity index (χ2v) is 3.15. The van der Waals surface area contributed by atoms with Crippen molar-refractivity contribution in [3.05, 3.63) is 23.6 Å². The molecule has 0 aromatic carbocycles. The van der Waals surface area contributed by atoms with Gasteiger partial charge >= 0.3 is 12.1 Å². The first-order valence-corrected chi connectivity index (χ1v) is 4.49. The van der Waals surface area contributed by atoms with E-state index in [9.17, 15) is 22.4 Å². The van der Waals surface area contributed by atoms with E-state index in [1.54, 1.807) is 0 Å². The van der Waals surface area contributed by atoms with Crippen LogP contribution in [0.25, 0.3) is 0 Å². The molecular weight excluding hydrogens is 244 g/mol. The minimum absolute atomic E-state index is 0.371. The van der Waals surface area contributed by atoms with Crippen LogP contribution in [-0.2, 0) is 0 Å². The van der Waals surface area contributed by atoms with Gasteiger partial charge in [-0.3, -0.25) is 0 Å². The van der Waals surface area contributed by atoms with Crippen molar-refractivity contribution in [2.24, 2.45) is 0 Å². The highest BCUT2D eigenvalue weighted by atomic mass is 19.4. The molecule has 2 N–H and O–H groups in total. The van der Waals surface area contributed by atoms with Gasteiger partial charge in [-0.15, -0.1) is 0 Å². The van der Waals surface area contributed by atoms with Gasteiger partial charge in [0.2, 0.25) is 0 Å². The lowest BCUT2D eigenvalue weighted by Crippen LogP contribution is -2.16. The van der Waals surface area contributed by atoms with Crippen LogP contribution in [0.4, 0.5) is 23.4 Å². The molecule has 1 heterocycles. The second kappa shape index (κ2) is 4.98. The zero-order valence-electron chi connectivity index (χ0n) is 8.38. The molecular formula is C9H8F4N2O2. The van der Waals surface area contributed by atoms with E-state index in [4.69, 9.17) is 5.11 Å². The Kier molecular flexibility index (Phi) is 3.87. The number of alkyl halides is 3. The number of anilines is 1. The molecule has 0 saturated heterocycles. The Morgan fingerprint density at radius 3 is 2.59 bits per heavy atom. The lowest BCUT2D eigenvalue weighted by Gasteiger charge is -2.08. The largest absolute Gasteiger partial charge is 0.478 e. The molecule has 1 rings (SSSR count). The highest BCUT2D eigenvalue weighted by molar-refractivity contribution is 5.87. The Morgan fingerprint density at radius 2 is 2.12 bits per heavy atom. The van der Waals surface area contributed by atoms with Crippen molar-refractivity contribution < 1.29 is 27.5 Å². The van der Waals surface area contributed by atoms with Crippen LogP contribution >= 0.6 is 0 Å². The van der Waals surface area contributed by atoms with Gasteiger partial charge in [-0.05, 0) is 6.07 Å². The maximum atomic E-state index is 13.2. The van der Waals surface area contributed by atoms with Crippen molar-refractivity contribution in [3.8, 4) is 0 Å². The number of hydrogen-bond acceptors (Lipinski definition) is 3. The third-order valence-corrected chi connectivity index (χ3v) is 1.79. The molecule has 0 unspecified atom stereocenters. The van der Waals surface area contributed by atoms with E-state index in [1.165, 1.54) is 0 Å². The quantitative estimate of drug-likeness (QED) is 0.807. The van der Waals surface area contributed by atoms with Crippen LogP contribution < -0.4 is 5.32 Å². The number of carboxylic acids is 1. The summed E-state index contributed by atoms with van der Waals surface area (Å²) in [7, 11) is 0. The fourth-order valence-electron chi connectivity index (χ4n) is 1.01. The van der Waals surface area contributed by atoms with E-state index in [-0.39, 0.29) is 5.56 Å². The molecule has 0 amide bonds. The van der Waals surface area contributed by atoms with Crippen molar-refractivity contribution in [3.63, 3.8) is 0 Å². The van der Waals surface area contributed by atoms with Crippen molar-refractivity contribution >= 4 is 11.8 Å². The number of carboxylic acid groups (broad SMARTS) is 1. The Labute approximate surface area is 93.3 Å². The molecule has 0 fully saturated rings. The summed E-state index contributed by atoms with van der Waals surface area (Å²) in [5.41, 5.74) is -0.371. The van der Waals surface area contributed by atoms with Gasteiger partial charge in [0.05, 0.1) is 12.0 Å². The molecule has 0 aliphatic rings. The average molecular weight is 252 g/mol. The number of halogens is 4. The average Bonchev–Trinajstić information content (AvgIpc) is 2.18. The number of aromatic carboxylic acids is 1. The summed E-state index contributed by atoms with van der Waals surface area (Å²) in [6.45, 7) is -0.528. The monoisotopic (exact) mass is 252 g/mol. The van der Waals surface area contributed by atoms with Crippen LogP contribution in [0.15, 0.2) is 12.3 Å². The fourth-order valence-corrected chi connectivity index (χ4v) is 1.01. The number of aromatic nitrogens is 1. The van der Waals surface area contributed by atoms with Crippen LogP contribution in [0.2, 0.25) is 0 Å². The standard InChI is InChI=1S/C9H8F4N2O2/c10-6-3-5(8(16)17)4-15-7(6)14-2-1-9(11,12)13/h3-4H,1-2H2,(H,14,15)(H,16,17). The second-order valence-electron chi connectivity index (χ2n) is 3.15. The highest BCUT2D eigenvalue weighted by Gasteiger charge is 2.26. The number of hydrogen-bond donors (Lipinski definition) is 2. The minimum Gasteiger partial charge on any atom is -0.478 e. The fraction of sp³-hybridized carbons (Fsp3) is 0.333. The first-order chi connectivity index (χ1) is 7.79. The van der Waals surface area contributed by atoms with E-state index in [2.05, 4.69) is 10.3 Å². The minimum atomic E-state index is -4.34. The Bertz CT molecular complexity index is 420. The topological polar surface area (TPSA) is 62.2 Å². The van der Waals surface area contributed by atoms with Gasteiger partial charge in [0, 0.05) is 12.7 Å². The number of carbonyl (C=O) groups is 1. The van der Waals surface area contributed by atoms with Gasteiger partial charge in [0.25, 0.3) is 0 Å². The molecule has 0 radical (unpaired) electrons. The molecule has 1 aromatic heterocycles. The van der Waals surface area contributed by atoms with Gasteiger partial charge in [-0.2, -0.15) is 13.2 Å². The molecule has 8 heteroatoms. The number of nitrogens with one attached hydrogen (secondary N) is 1. The first kappa shape index (κ1) is 13.2. The molecule has 0 aliphatic heterocycles. The van der Waals surface area contributed by atoms with Gasteiger partial charge in [0.15, 0.2) is 11.6 Å². The van der Waals surface area contributed by atoms with Crippen molar-refractivity contribution in [2.45, 2.75) is 12.6 Å². The molecule has 0 aliphatic carbocycles. The lowest BCUT2D eigenvalue weighted by molar-refractivity contribution is -0.131. The van der Waals surface area contributed by atoms with E-state index in [0.717, 1.165) is 6.20 Å².